The molecule has 3 rings (SSSR count). The molecule has 2 N–H and O–H groups in total. The summed E-state index contributed by atoms with van der Waals surface area (Å²) >= 11 is 1.31. The Bertz CT molecular complexity index is 937. The maximum atomic E-state index is 12.5. The minimum absolute atomic E-state index is 0.0792. The van der Waals surface area contributed by atoms with E-state index in [-0.39, 0.29) is 11.2 Å². The fourth-order valence-corrected chi connectivity index (χ4v) is 3.22. The van der Waals surface area contributed by atoms with E-state index < -0.39 is 0 Å². The molecule has 0 unspecified atom stereocenters. The maximum absolute atomic E-state index is 12.5. The second kappa shape index (κ2) is 8.26. The van der Waals surface area contributed by atoms with Crippen molar-refractivity contribution >= 4 is 23.4 Å². The van der Waals surface area contributed by atoms with Crippen LogP contribution in [0.25, 0.3) is 11.4 Å². The Morgan fingerprint density at radius 3 is 2.63 bits per heavy atom. The Morgan fingerprint density at radius 2 is 1.93 bits per heavy atom. The zero-order valence-corrected chi connectivity index (χ0v) is 16.6. The third-order valence-electron chi connectivity index (χ3n) is 4.13. The number of hydrogen-bond donors (Lipinski definition) is 2. The number of thioether (sulfide) groups is 1. The standard InChI is InChI=1S/C20H22N4O2S/c1-12-5-6-13(2)17(11-12)21-19(25)14(3)27-20-22-18(23-24-20)15-7-9-16(26-4)10-8-15/h5-11,14H,1-4H3,(H,21,25)(H,22,23,24)/t14-/m0/s1. The summed E-state index contributed by atoms with van der Waals surface area (Å²) in [6.07, 6.45) is 0. The highest BCUT2D eigenvalue weighted by molar-refractivity contribution is 8.00. The molecule has 27 heavy (non-hydrogen) atoms. The van der Waals surface area contributed by atoms with Crippen LogP contribution in [0.4, 0.5) is 5.69 Å². The average Bonchev–Trinajstić information content (AvgIpc) is 3.13. The quantitative estimate of drug-likeness (QED) is 0.624. The number of hydrogen-bond acceptors (Lipinski definition) is 5. The molecule has 1 amide bonds. The number of carbonyl (C=O) groups excluding carboxylic acids is 1. The number of nitrogens with zero attached hydrogens (tertiary/aromatic N) is 2. The second-order valence-electron chi connectivity index (χ2n) is 6.26. The Balaban J connectivity index is 1.65. The maximum Gasteiger partial charge on any atom is 0.237 e. The van der Waals surface area contributed by atoms with Crippen LogP contribution in [0.1, 0.15) is 18.1 Å². The summed E-state index contributed by atoms with van der Waals surface area (Å²) < 4.78 is 5.16. The zero-order chi connectivity index (χ0) is 19.4. The molecule has 2 aromatic carbocycles. The Labute approximate surface area is 162 Å². The van der Waals surface area contributed by atoms with Crippen LogP contribution >= 0.6 is 11.8 Å². The van der Waals surface area contributed by atoms with Gasteiger partial charge in [0.2, 0.25) is 11.1 Å². The van der Waals surface area contributed by atoms with Gasteiger partial charge in [-0.2, -0.15) is 0 Å². The molecule has 6 nitrogen and oxygen atoms in total. The fourth-order valence-electron chi connectivity index (χ4n) is 2.49. The second-order valence-corrected chi connectivity index (χ2v) is 7.57. The molecule has 7 heteroatoms. The smallest absolute Gasteiger partial charge is 0.237 e. The lowest BCUT2D eigenvalue weighted by atomic mass is 10.1. The molecular weight excluding hydrogens is 360 g/mol. The van der Waals surface area contributed by atoms with E-state index in [9.17, 15) is 4.79 Å². The van der Waals surface area contributed by atoms with Crippen LogP contribution in [-0.4, -0.2) is 33.4 Å². The first-order chi connectivity index (χ1) is 13.0. The van der Waals surface area contributed by atoms with Crippen LogP contribution < -0.4 is 10.1 Å². The monoisotopic (exact) mass is 382 g/mol. The summed E-state index contributed by atoms with van der Waals surface area (Å²) in [5, 5.41) is 10.3. The number of carbonyl (C=O) groups is 1. The van der Waals surface area contributed by atoms with E-state index in [0.717, 1.165) is 28.1 Å². The van der Waals surface area contributed by atoms with Gasteiger partial charge in [-0.05, 0) is 62.2 Å². The predicted molar refractivity (Wildman–Crippen MR) is 108 cm³/mol. The number of anilines is 1. The predicted octanol–water partition coefficient (Wildman–Crippen LogP) is 4.22. The van der Waals surface area contributed by atoms with E-state index in [1.807, 2.05) is 63.2 Å². The number of H-pyrrole nitrogens is 1. The molecule has 1 aromatic heterocycles. The summed E-state index contributed by atoms with van der Waals surface area (Å²) in [7, 11) is 1.63. The lowest BCUT2D eigenvalue weighted by Crippen LogP contribution is -2.23. The molecule has 0 aliphatic carbocycles. The van der Waals surface area contributed by atoms with E-state index in [4.69, 9.17) is 4.74 Å². The van der Waals surface area contributed by atoms with Crippen LogP contribution in [0, 0.1) is 13.8 Å². The van der Waals surface area contributed by atoms with Crippen molar-refractivity contribution in [3.63, 3.8) is 0 Å². The van der Waals surface area contributed by atoms with Gasteiger partial charge < -0.3 is 10.1 Å². The van der Waals surface area contributed by atoms with Gasteiger partial charge in [0.15, 0.2) is 5.82 Å². The zero-order valence-electron chi connectivity index (χ0n) is 15.7. The molecule has 3 aromatic rings. The lowest BCUT2D eigenvalue weighted by molar-refractivity contribution is -0.115. The molecule has 0 spiro atoms. The first-order valence-corrected chi connectivity index (χ1v) is 9.46. The molecule has 0 saturated carbocycles. The highest BCUT2D eigenvalue weighted by Crippen LogP contribution is 2.25. The van der Waals surface area contributed by atoms with E-state index >= 15 is 0 Å². The number of aromatic nitrogens is 3. The van der Waals surface area contributed by atoms with Gasteiger partial charge in [0.25, 0.3) is 0 Å². The minimum Gasteiger partial charge on any atom is -0.497 e. The van der Waals surface area contributed by atoms with E-state index in [0.29, 0.717) is 11.0 Å². The average molecular weight is 382 g/mol. The molecule has 0 aliphatic heterocycles. The van der Waals surface area contributed by atoms with Crippen molar-refractivity contribution in [3.05, 3.63) is 53.6 Å². The summed E-state index contributed by atoms with van der Waals surface area (Å²) in [6, 6.07) is 13.5. The van der Waals surface area contributed by atoms with Gasteiger partial charge in [-0.3, -0.25) is 9.89 Å². The van der Waals surface area contributed by atoms with Crippen molar-refractivity contribution in [2.75, 3.05) is 12.4 Å². The van der Waals surface area contributed by atoms with Gasteiger partial charge in [-0.15, -0.1) is 5.10 Å². The number of methoxy groups -OCH3 is 1. The van der Waals surface area contributed by atoms with Crippen LogP contribution in [0.5, 0.6) is 5.75 Å². The SMILES string of the molecule is COc1ccc(-c2nc(S[C@@H](C)C(=O)Nc3cc(C)ccc3C)n[nH]2)cc1. The van der Waals surface area contributed by atoms with Crippen LogP contribution in [-0.2, 0) is 4.79 Å². The summed E-state index contributed by atoms with van der Waals surface area (Å²) in [5.74, 6) is 1.36. The van der Waals surface area contributed by atoms with Crippen molar-refractivity contribution in [2.45, 2.75) is 31.2 Å². The van der Waals surface area contributed by atoms with Gasteiger partial charge in [-0.25, -0.2) is 4.98 Å². The van der Waals surface area contributed by atoms with Crippen molar-refractivity contribution in [3.8, 4) is 17.1 Å². The first-order valence-electron chi connectivity index (χ1n) is 8.58. The highest BCUT2D eigenvalue weighted by atomic mass is 32.2. The molecular formula is C20H22N4O2S. The van der Waals surface area contributed by atoms with E-state index in [1.165, 1.54) is 11.8 Å². The molecule has 0 radical (unpaired) electrons. The number of amides is 1. The number of benzene rings is 2. The highest BCUT2D eigenvalue weighted by Gasteiger charge is 2.18. The number of aromatic amines is 1. The van der Waals surface area contributed by atoms with Gasteiger partial charge in [0.1, 0.15) is 5.75 Å². The summed E-state index contributed by atoms with van der Waals surface area (Å²) in [5.41, 5.74) is 3.88. The third-order valence-corrected chi connectivity index (χ3v) is 5.09. The molecule has 140 valence electrons. The summed E-state index contributed by atoms with van der Waals surface area (Å²) in [4.78, 5) is 17.0. The Morgan fingerprint density at radius 1 is 1.19 bits per heavy atom. The normalized spacial score (nSPS) is 11.9. The van der Waals surface area contributed by atoms with Crippen LogP contribution in [0.15, 0.2) is 47.6 Å². The van der Waals surface area contributed by atoms with Crippen molar-refractivity contribution in [2.24, 2.45) is 0 Å². The van der Waals surface area contributed by atoms with Gasteiger partial charge >= 0.3 is 0 Å². The van der Waals surface area contributed by atoms with E-state index in [1.54, 1.807) is 7.11 Å². The molecule has 1 atom stereocenters. The molecule has 0 fully saturated rings. The Hall–Kier alpha value is -2.80. The summed E-state index contributed by atoms with van der Waals surface area (Å²) in [6.45, 7) is 5.82. The van der Waals surface area contributed by atoms with Crippen molar-refractivity contribution in [1.29, 1.82) is 0 Å². The number of aryl methyl sites for hydroxylation is 2. The van der Waals surface area contributed by atoms with E-state index in [2.05, 4.69) is 20.5 Å². The third kappa shape index (κ3) is 4.68. The first kappa shape index (κ1) is 19.0. The van der Waals surface area contributed by atoms with Crippen LogP contribution in [0.2, 0.25) is 0 Å². The van der Waals surface area contributed by atoms with Gasteiger partial charge in [0, 0.05) is 11.3 Å². The molecule has 0 saturated heterocycles. The van der Waals surface area contributed by atoms with Crippen LogP contribution in [0.3, 0.4) is 0 Å². The molecule has 0 bridgehead atoms. The van der Waals surface area contributed by atoms with Gasteiger partial charge in [0.05, 0.1) is 12.4 Å². The fraction of sp³-hybridized carbons (Fsp3) is 0.250. The van der Waals surface area contributed by atoms with Crippen molar-refractivity contribution < 1.29 is 9.53 Å². The largest absolute Gasteiger partial charge is 0.497 e. The van der Waals surface area contributed by atoms with Crippen molar-refractivity contribution in [1.82, 2.24) is 15.2 Å². The van der Waals surface area contributed by atoms with Gasteiger partial charge in [-0.1, -0.05) is 23.9 Å². The number of nitrogens with one attached hydrogen (secondary N) is 2. The number of ether oxygens (including phenoxy) is 1. The molecule has 0 aliphatic rings. The molecule has 1 heterocycles. The lowest BCUT2D eigenvalue weighted by Gasteiger charge is -2.12. The Kier molecular flexibility index (Phi) is 5.81. The topological polar surface area (TPSA) is 79.9 Å². The number of rotatable bonds is 6. The minimum atomic E-state index is -0.329.